The van der Waals surface area contributed by atoms with Crippen molar-refractivity contribution in [1.29, 1.82) is 0 Å². The van der Waals surface area contributed by atoms with Gasteiger partial charge in [-0.05, 0) is 37.3 Å². The second-order valence-corrected chi connectivity index (χ2v) is 4.41. The summed E-state index contributed by atoms with van der Waals surface area (Å²) in [5.41, 5.74) is 2.65. The van der Waals surface area contributed by atoms with Gasteiger partial charge >= 0.3 is 0 Å². The second-order valence-electron chi connectivity index (χ2n) is 4.41. The van der Waals surface area contributed by atoms with Gasteiger partial charge in [-0.25, -0.2) is 0 Å². The molecule has 0 radical (unpaired) electrons. The third kappa shape index (κ3) is 2.58. The zero-order valence-corrected chi connectivity index (χ0v) is 9.24. The van der Waals surface area contributed by atoms with Gasteiger partial charge in [0.1, 0.15) is 0 Å². The van der Waals surface area contributed by atoms with Crippen LogP contribution in [0.4, 0.5) is 0 Å². The third-order valence-corrected chi connectivity index (χ3v) is 3.30. The Labute approximate surface area is 91.3 Å². The first kappa shape index (κ1) is 10.7. The Morgan fingerprint density at radius 1 is 1.33 bits per heavy atom. The summed E-state index contributed by atoms with van der Waals surface area (Å²) in [6.07, 6.45) is 3.06. The van der Waals surface area contributed by atoms with Crippen LogP contribution in [-0.2, 0) is 6.54 Å². The predicted octanol–water partition coefficient (Wildman–Crippen LogP) is 2.00. The van der Waals surface area contributed by atoms with Crippen LogP contribution in [-0.4, -0.2) is 17.3 Å². The Hall–Kier alpha value is -0.860. The van der Waals surface area contributed by atoms with Gasteiger partial charge in [0.25, 0.3) is 0 Å². The molecule has 1 saturated carbocycles. The van der Waals surface area contributed by atoms with E-state index in [1.54, 1.807) is 0 Å². The molecule has 1 aliphatic carbocycles. The van der Waals surface area contributed by atoms with E-state index in [4.69, 9.17) is 0 Å². The Morgan fingerprint density at radius 3 is 2.80 bits per heavy atom. The molecule has 1 aromatic rings. The Morgan fingerprint density at radius 2 is 2.13 bits per heavy atom. The Kier molecular flexibility index (Phi) is 3.39. The van der Waals surface area contributed by atoms with Crippen molar-refractivity contribution < 1.29 is 5.11 Å². The summed E-state index contributed by atoms with van der Waals surface area (Å²) in [4.78, 5) is 0. The van der Waals surface area contributed by atoms with E-state index in [-0.39, 0.29) is 6.10 Å². The van der Waals surface area contributed by atoms with Crippen molar-refractivity contribution in [3.63, 3.8) is 0 Å². The monoisotopic (exact) mass is 205 g/mol. The predicted molar refractivity (Wildman–Crippen MR) is 61.7 cm³/mol. The molecule has 0 saturated heterocycles. The molecule has 2 atom stereocenters. The molecule has 82 valence electrons. The minimum Gasteiger partial charge on any atom is -0.392 e. The molecule has 1 aromatic carbocycles. The molecule has 0 aromatic heterocycles. The molecule has 0 amide bonds. The van der Waals surface area contributed by atoms with Gasteiger partial charge in [0, 0.05) is 12.6 Å². The molecule has 0 spiro atoms. The summed E-state index contributed by atoms with van der Waals surface area (Å²) in [7, 11) is 0. The van der Waals surface area contributed by atoms with Crippen molar-refractivity contribution in [2.75, 3.05) is 0 Å². The lowest BCUT2D eigenvalue weighted by atomic mass is 10.1. The maximum absolute atomic E-state index is 9.67. The fourth-order valence-corrected chi connectivity index (χ4v) is 2.23. The summed E-state index contributed by atoms with van der Waals surface area (Å²) >= 11 is 0. The maximum atomic E-state index is 9.67. The minimum absolute atomic E-state index is 0.144. The number of aryl methyl sites for hydroxylation is 1. The molecule has 2 heteroatoms. The first-order valence-corrected chi connectivity index (χ1v) is 5.73. The van der Waals surface area contributed by atoms with Gasteiger partial charge in [-0.3, -0.25) is 0 Å². The van der Waals surface area contributed by atoms with Gasteiger partial charge in [-0.1, -0.05) is 24.3 Å². The van der Waals surface area contributed by atoms with Crippen molar-refractivity contribution >= 4 is 0 Å². The third-order valence-electron chi connectivity index (χ3n) is 3.30. The number of nitrogens with one attached hydrogen (secondary N) is 1. The number of aliphatic hydroxyl groups is 1. The molecule has 2 rings (SSSR count). The quantitative estimate of drug-likeness (QED) is 0.791. The topological polar surface area (TPSA) is 32.3 Å². The van der Waals surface area contributed by atoms with Crippen LogP contribution in [0.25, 0.3) is 0 Å². The zero-order valence-electron chi connectivity index (χ0n) is 9.24. The van der Waals surface area contributed by atoms with Gasteiger partial charge in [-0.2, -0.15) is 0 Å². The van der Waals surface area contributed by atoms with Crippen molar-refractivity contribution in [3.05, 3.63) is 35.4 Å². The normalized spacial score (nSPS) is 25.7. The molecule has 2 N–H and O–H groups in total. The van der Waals surface area contributed by atoms with E-state index >= 15 is 0 Å². The lowest BCUT2D eigenvalue weighted by Gasteiger charge is -2.17. The van der Waals surface area contributed by atoms with Crippen LogP contribution in [0.2, 0.25) is 0 Å². The number of hydrogen-bond donors (Lipinski definition) is 2. The Balaban J connectivity index is 1.90. The van der Waals surface area contributed by atoms with Crippen LogP contribution in [0, 0.1) is 6.92 Å². The molecule has 1 fully saturated rings. The largest absolute Gasteiger partial charge is 0.392 e. The molecule has 2 nitrogen and oxygen atoms in total. The zero-order chi connectivity index (χ0) is 10.7. The molecular weight excluding hydrogens is 186 g/mol. The first-order chi connectivity index (χ1) is 7.27. The number of hydrogen-bond acceptors (Lipinski definition) is 2. The number of rotatable bonds is 3. The summed E-state index contributed by atoms with van der Waals surface area (Å²) < 4.78 is 0. The van der Waals surface area contributed by atoms with E-state index in [2.05, 4.69) is 36.5 Å². The van der Waals surface area contributed by atoms with Crippen LogP contribution >= 0.6 is 0 Å². The highest BCUT2D eigenvalue weighted by Gasteiger charge is 2.24. The van der Waals surface area contributed by atoms with Crippen molar-refractivity contribution in [3.8, 4) is 0 Å². The molecule has 0 aliphatic heterocycles. The first-order valence-electron chi connectivity index (χ1n) is 5.73. The molecule has 1 aliphatic rings. The second kappa shape index (κ2) is 4.77. The highest BCUT2D eigenvalue weighted by molar-refractivity contribution is 5.25. The van der Waals surface area contributed by atoms with Gasteiger partial charge < -0.3 is 10.4 Å². The average molecular weight is 205 g/mol. The van der Waals surface area contributed by atoms with Gasteiger partial charge in [0.2, 0.25) is 0 Å². The van der Waals surface area contributed by atoms with E-state index < -0.39 is 0 Å². The lowest BCUT2D eigenvalue weighted by Crippen LogP contribution is -2.35. The van der Waals surface area contributed by atoms with E-state index in [0.29, 0.717) is 6.04 Å². The highest BCUT2D eigenvalue weighted by Crippen LogP contribution is 2.19. The summed E-state index contributed by atoms with van der Waals surface area (Å²) in [5.74, 6) is 0. The summed E-state index contributed by atoms with van der Waals surface area (Å²) in [6.45, 7) is 3.00. The molecule has 0 bridgehead atoms. The van der Waals surface area contributed by atoms with Gasteiger partial charge in [-0.15, -0.1) is 0 Å². The SMILES string of the molecule is Cc1ccccc1CN[C@@H]1CCC[C@H]1O. The van der Waals surface area contributed by atoms with Crippen LogP contribution in [0.1, 0.15) is 30.4 Å². The summed E-state index contributed by atoms with van der Waals surface area (Å²) in [6, 6.07) is 8.69. The van der Waals surface area contributed by atoms with Gasteiger partial charge in [0.05, 0.1) is 6.10 Å². The smallest absolute Gasteiger partial charge is 0.0693 e. The van der Waals surface area contributed by atoms with E-state index in [1.165, 1.54) is 11.1 Å². The van der Waals surface area contributed by atoms with Crippen molar-refractivity contribution in [1.82, 2.24) is 5.32 Å². The van der Waals surface area contributed by atoms with E-state index in [1.807, 2.05) is 0 Å². The molecular formula is C13H19NO. The summed E-state index contributed by atoms with van der Waals surface area (Å²) in [5, 5.41) is 13.1. The van der Waals surface area contributed by atoms with Crippen LogP contribution < -0.4 is 5.32 Å². The van der Waals surface area contributed by atoms with Crippen LogP contribution in [0.3, 0.4) is 0 Å². The molecule has 15 heavy (non-hydrogen) atoms. The standard InChI is InChI=1S/C13H19NO/c1-10-5-2-3-6-11(10)9-14-12-7-4-8-13(12)15/h2-3,5-6,12-15H,4,7-9H2,1H3/t12-,13-/m1/s1. The minimum atomic E-state index is -0.144. The number of aliphatic hydroxyl groups excluding tert-OH is 1. The van der Waals surface area contributed by atoms with Gasteiger partial charge in [0.15, 0.2) is 0 Å². The van der Waals surface area contributed by atoms with Crippen LogP contribution in [0.15, 0.2) is 24.3 Å². The fourth-order valence-electron chi connectivity index (χ4n) is 2.23. The van der Waals surface area contributed by atoms with Crippen molar-refractivity contribution in [2.45, 2.75) is 44.9 Å². The van der Waals surface area contributed by atoms with E-state index in [9.17, 15) is 5.11 Å². The average Bonchev–Trinajstić information content (AvgIpc) is 2.63. The van der Waals surface area contributed by atoms with Crippen molar-refractivity contribution in [2.24, 2.45) is 0 Å². The lowest BCUT2D eigenvalue weighted by molar-refractivity contribution is 0.148. The Bertz CT molecular complexity index is 324. The molecule has 0 unspecified atom stereocenters. The van der Waals surface area contributed by atoms with E-state index in [0.717, 1.165) is 25.8 Å². The maximum Gasteiger partial charge on any atom is 0.0693 e. The van der Waals surface area contributed by atoms with Crippen LogP contribution in [0.5, 0.6) is 0 Å². The molecule has 0 heterocycles. The fraction of sp³-hybridized carbons (Fsp3) is 0.538. The highest BCUT2D eigenvalue weighted by atomic mass is 16.3. The number of benzene rings is 1.